The van der Waals surface area contributed by atoms with Crippen LogP contribution in [0.15, 0.2) is 0 Å². The first-order valence-electron chi connectivity index (χ1n) is 20.5. The van der Waals surface area contributed by atoms with Gasteiger partial charge in [-0.25, -0.2) is 0 Å². The quantitative estimate of drug-likeness (QED) is 0.285. The molecule has 0 aromatic carbocycles. The first-order valence-corrected chi connectivity index (χ1v) is 20.5. The van der Waals surface area contributed by atoms with E-state index >= 15 is 0 Å². The molecule has 0 aromatic rings. The van der Waals surface area contributed by atoms with Gasteiger partial charge in [-0.2, -0.15) is 0 Å². The lowest BCUT2D eigenvalue weighted by Gasteiger charge is -2.47. The summed E-state index contributed by atoms with van der Waals surface area (Å²) in [4.78, 5) is 41.3. The van der Waals surface area contributed by atoms with E-state index in [9.17, 15) is 14.4 Å². The molecule has 51 heavy (non-hydrogen) atoms. The second-order valence-corrected chi connectivity index (χ2v) is 18.7. The zero-order chi connectivity index (χ0) is 37.0. The van der Waals surface area contributed by atoms with Crippen molar-refractivity contribution in [3.63, 3.8) is 0 Å². The molecule has 3 spiro atoms. The van der Waals surface area contributed by atoms with E-state index in [-0.39, 0.29) is 17.7 Å². The van der Waals surface area contributed by atoms with Gasteiger partial charge < -0.3 is 14.7 Å². The van der Waals surface area contributed by atoms with Crippen LogP contribution in [-0.2, 0) is 14.4 Å². The second-order valence-electron chi connectivity index (χ2n) is 18.7. The predicted octanol–water partition coefficient (Wildman–Crippen LogP) is 7.66. The first kappa shape index (κ1) is 39.3. The fraction of sp³-hybridized carbons (Fsp3) is 0.800. The minimum absolute atomic E-state index is 0.0207. The van der Waals surface area contributed by atoms with Gasteiger partial charge in [-0.15, -0.1) is 0 Å². The molecule has 0 unspecified atom stereocenters. The van der Waals surface area contributed by atoms with Crippen LogP contribution in [0.5, 0.6) is 0 Å². The molecule has 6 heteroatoms. The average Bonchev–Trinajstić information content (AvgIpc) is 3.41. The molecule has 7 rings (SSSR count). The van der Waals surface area contributed by atoms with Crippen molar-refractivity contribution in [2.24, 2.45) is 57.7 Å². The molecular formula is C45H67N3O3. The van der Waals surface area contributed by atoms with Crippen LogP contribution in [-0.4, -0.2) is 71.7 Å². The average molecular weight is 698 g/mol. The maximum Gasteiger partial charge on any atom is 0.298 e. The monoisotopic (exact) mass is 698 g/mol. The minimum atomic E-state index is 0.0207. The van der Waals surface area contributed by atoms with E-state index in [2.05, 4.69) is 77.1 Å². The van der Waals surface area contributed by atoms with Crippen molar-refractivity contribution in [2.45, 2.75) is 132 Å². The van der Waals surface area contributed by atoms with Gasteiger partial charge >= 0.3 is 0 Å². The summed E-state index contributed by atoms with van der Waals surface area (Å²) in [6.45, 7) is 23.2. The molecule has 3 saturated heterocycles. The lowest BCUT2D eigenvalue weighted by molar-refractivity contribution is -0.125. The third-order valence-corrected chi connectivity index (χ3v) is 13.7. The zero-order valence-electron chi connectivity index (χ0n) is 33.3. The van der Waals surface area contributed by atoms with Gasteiger partial charge in [0.05, 0.1) is 0 Å². The van der Waals surface area contributed by atoms with Crippen molar-refractivity contribution >= 4 is 17.7 Å². The lowest BCUT2D eigenvalue weighted by Crippen LogP contribution is -2.42. The van der Waals surface area contributed by atoms with Crippen molar-refractivity contribution in [3.05, 3.63) is 0 Å². The number of carbonyl (C=O) groups excluding carboxylic acids is 3. The molecule has 0 bridgehead atoms. The first-order chi connectivity index (χ1) is 24.2. The maximum absolute atomic E-state index is 12.0. The normalized spacial score (nSPS) is 32.8. The highest BCUT2D eigenvalue weighted by Crippen LogP contribution is 2.56. The van der Waals surface area contributed by atoms with Crippen molar-refractivity contribution in [1.82, 2.24) is 14.7 Å². The molecule has 6 nitrogen and oxygen atoms in total. The number of amides is 3. The number of rotatable bonds is 3. The highest BCUT2D eigenvalue weighted by Gasteiger charge is 2.51. The van der Waals surface area contributed by atoms with Crippen LogP contribution in [0.3, 0.4) is 0 Å². The molecule has 0 atom stereocenters. The van der Waals surface area contributed by atoms with Gasteiger partial charge in [0.1, 0.15) is 0 Å². The molecule has 0 aromatic heterocycles. The fourth-order valence-corrected chi connectivity index (χ4v) is 9.80. The molecule has 3 heterocycles. The molecule has 280 valence electrons. The lowest BCUT2D eigenvalue weighted by atomic mass is 9.58. The topological polar surface area (TPSA) is 60.9 Å². The standard InChI is InChI=1S/C16H23NO.C15H23NO.C14H21NO/c1-12(2)14-9-16(10-14)7-8-17(11-16)15(18)6-5-13-3-4-13;1-4-5-6-14(17)16-8-7-15(11-16)9-13(10-15)12(2)3;1-4-5-13(16)15-7-6-14(10-15)8-12(9-14)11(2)3/h12-14H,3-4,7-11H2,1-2H3;12-13H,4,7-11H2,1-3H3;11-12H,6-10H2,1-3H3. The van der Waals surface area contributed by atoms with E-state index in [1.165, 1.54) is 70.6 Å². The van der Waals surface area contributed by atoms with Gasteiger partial charge in [-0.3, -0.25) is 14.4 Å². The zero-order valence-corrected chi connectivity index (χ0v) is 33.3. The van der Waals surface area contributed by atoms with Gasteiger partial charge in [0, 0.05) is 51.6 Å². The Morgan fingerprint density at radius 2 is 0.941 bits per heavy atom. The van der Waals surface area contributed by atoms with Crippen LogP contribution in [0.25, 0.3) is 0 Å². The predicted molar refractivity (Wildman–Crippen MR) is 206 cm³/mol. The van der Waals surface area contributed by atoms with Crippen LogP contribution in [0.4, 0.5) is 0 Å². The van der Waals surface area contributed by atoms with Crippen LogP contribution in [0, 0.1) is 93.2 Å². The smallest absolute Gasteiger partial charge is 0.298 e. The van der Waals surface area contributed by atoms with E-state index in [4.69, 9.17) is 0 Å². The van der Waals surface area contributed by atoms with Gasteiger partial charge in [-0.05, 0) is 147 Å². The summed E-state index contributed by atoms with van der Waals surface area (Å²) in [7, 11) is 0. The second kappa shape index (κ2) is 16.4. The van der Waals surface area contributed by atoms with Crippen molar-refractivity contribution in [2.75, 3.05) is 39.3 Å². The Balaban J connectivity index is 0.000000149. The van der Waals surface area contributed by atoms with Gasteiger partial charge in [0.2, 0.25) is 0 Å². The Labute approximate surface area is 311 Å². The molecule has 0 radical (unpaired) electrons. The summed E-state index contributed by atoms with van der Waals surface area (Å²) >= 11 is 0. The molecule has 0 N–H and O–H groups in total. The van der Waals surface area contributed by atoms with Crippen molar-refractivity contribution in [1.29, 1.82) is 0 Å². The summed E-state index contributed by atoms with van der Waals surface area (Å²) in [5.41, 5.74) is 1.38. The summed E-state index contributed by atoms with van der Waals surface area (Å²) < 4.78 is 0. The third kappa shape index (κ3) is 9.75. The largest absolute Gasteiger partial charge is 0.331 e. The van der Waals surface area contributed by atoms with E-state index in [1.54, 1.807) is 6.92 Å². The summed E-state index contributed by atoms with van der Waals surface area (Å²) in [5.74, 6) is 22.6. The molecule has 7 aliphatic rings. The molecule has 4 aliphatic carbocycles. The third-order valence-electron chi connectivity index (χ3n) is 13.7. The van der Waals surface area contributed by atoms with E-state index in [0.717, 1.165) is 81.2 Å². The number of likely N-dealkylation sites (tertiary alicyclic amines) is 3. The Morgan fingerprint density at radius 3 is 1.25 bits per heavy atom. The van der Waals surface area contributed by atoms with E-state index in [1.807, 2.05) is 21.6 Å². The molecule has 3 amide bonds. The maximum atomic E-state index is 12.0. The highest BCUT2D eigenvalue weighted by molar-refractivity contribution is 5.94. The SMILES string of the molecule is CC#CC(=O)N1CCC2(CC(C(C)C)C2)C1.CC(C)C1CC2(CCN(C(=O)C#CC3CC3)C2)C1.CCC#CC(=O)N1CCC2(CC(C(C)C)C2)C1. The molecule has 4 saturated carbocycles. The van der Waals surface area contributed by atoms with Crippen LogP contribution in [0.1, 0.15) is 132 Å². The van der Waals surface area contributed by atoms with Crippen LogP contribution in [0.2, 0.25) is 0 Å². The van der Waals surface area contributed by atoms with Gasteiger partial charge in [0.25, 0.3) is 17.7 Å². The van der Waals surface area contributed by atoms with E-state index < -0.39 is 0 Å². The van der Waals surface area contributed by atoms with Crippen LogP contribution < -0.4 is 0 Å². The summed E-state index contributed by atoms with van der Waals surface area (Å²) in [6.07, 6.45) is 14.6. The van der Waals surface area contributed by atoms with Crippen LogP contribution >= 0.6 is 0 Å². The Hall–Kier alpha value is -2.91. The van der Waals surface area contributed by atoms with E-state index in [0.29, 0.717) is 22.2 Å². The number of hydrogen-bond donors (Lipinski definition) is 0. The number of nitrogens with zero attached hydrogens (tertiary/aromatic N) is 3. The number of carbonyl (C=O) groups is 3. The van der Waals surface area contributed by atoms with Gasteiger partial charge in [0.15, 0.2) is 0 Å². The molecule has 3 aliphatic heterocycles. The Kier molecular flexibility index (Phi) is 12.6. The molecule has 7 fully saturated rings. The van der Waals surface area contributed by atoms with Crippen molar-refractivity contribution < 1.29 is 14.4 Å². The minimum Gasteiger partial charge on any atom is -0.331 e. The van der Waals surface area contributed by atoms with Crippen molar-refractivity contribution in [3.8, 4) is 35.5 Å². The molecular weight excluding hydrogens is 631 g/mol. The van der Waals surface area contributed by atoms with Gasteiger partial charge in [-0.1, -0.05) is 66.2 Å². The fourth-order valence-electron chi connectivity index (χ4n) is 9.80. The highest BCUT2D eigenvalue weighted by atomic mass is 16.2. The Morgan fingerprint density at radius 1 is 0.588 bits per heavy atom. The summed E-state index contributed by atoms with van der Waals surface area (Å²) in [5, 5.41) is 0. The summed E-state index contributed by atoms with van der Waals surface area (Å²) in [6, 6.07) is 0. The Bertz CT molecular complexity index is 1450. The number of hydrogen-bond acceptors (Lipinski definition) is 3.